The number of likely N-dealkylation sites (N-methyl/N-ethyl adjacent to an activating group) is 1. The normalized spacial score (nSPS) is 13.8. The smallest absolute Gasteiger partial charge is 0.306 e. The fraction of sp³-hybridized carbons (Fsp3) is 0.829. The van der Waals surface area contributed by atoms with Crippen molar-refractivity contribution in [3.05, 3.63) is 72.9 Å². The Labute approximate surface area is 572 Å². The number of allylic oxidation sites excluding steroid dienone is 11. The van der Waals surface area contributed by atoms with Gasteiger partial charge in [0, 0.05) is 12.8 Å². The van der Waals surface area contributed by atoms with Gasteiger partial charge in [-0.3, -0.25) is 14.2 Å². The van der Waals surface area contributed by atoms with Crippen molar-refractivity contribution in [2.75, 3.05) is 40.9 Å². The van der Waals surface area contributed by atoms with Gasteiger partial charge in [-0.05, 0) is 102 Å². The molecule has 0 bridgehead atoms. The molecule has 0 aliphatic rings. The third kappa shape index (κ3) is 71.7. The molecular formula is C82H153N2O7P. The molecule has 0 aliphatic heterocycles. The molecule has 1 N–H and O–H groups in total. The number of esters is 1. The van der Waals surface area contributed by atoms with Crippen LogP contribution in [0, 0.1) is 0 Å². The summed E-state index contributed by atoms with van der Waals surface area (Å²) in [5.74, 6) is -0.525. The molecule has 3 atom stereocenters. The molecule has 10 heteroatoms. The van der Waals surface area contributed by atoms with Crippen LogP contribution in [0.15, 0.2) is 72.9 Å². The van der Waals surface area contributed by atoms with Crippen LogP contribution >= 0.6 is 7.82 Å². The Kier molecular flexibility index (Phi) is 69.3. The molecule has 0 aromatic carbocycles. The molecule has 3 unspecified atom stereocenters. The van der Waals surface area contributed by atoms with Crippen LogP contribution in [0.5, 0.6) is 0 Å². The first-order valence-electron chi connectivity index (χ1n) is 39.7. The molecule has 0 saturated heterocycles. The van der Waals surface area contributed by atoms with Crippen LogP contribution in [-0.4, -0.2) is 69.4 Å². The Balaban J connectivity index is 4.90. The summed E-state index contributed by atoms with van der Waals surface area (Å²) in [5, 5.41) is 3.06. The SMILES string of the molecule is CCCCC/C=C\C/C=C\C/C=C\CCCCCCCCCCCCCCCCC(=O)NC(COP(=O)([O-])OCC[N+](C)(C)C)C(/C=C/CCCCCCCCCCCC)OC(=O)CCCCCCCCCCCCCCCCCCC/C=C\C/C=C\CCCCC. The van der Waals surface area contributed by atoms with Crippen LogP contribution in [-0.2, 0) is 27.9 Å². The molecule has 0 saturated carbocycles. The molecule has 0 rings (SSSR count). The van der Waals surface area contributed by atoms with Gasteiger partial charge in [0.05, 0.1) is 33.8 Å². The summed E-state index contributed by atoms with van der Waals surface area (Å²) in [7, 11) is 1.20. The van der Waals surface area contributed by atoms with E-state index >= 15 is 0 Å². The number of hydrogen-bond donors (Lipinski definition) is 1. The minimum atomic E-state index is -4.71. The van der Waals surface area contributed by atoms with Crippen LogP contribution in [0.1, 0.15) is 387 Å². The number of carbonyl (C=O) groups excluding carboxylic acids is 2. The number of amides is 1. The van der Waals surface area contributed by atoms with Crippen molar-refractivity contribution in [2.24, 2.45) is 0 Å². The maximum atomic E-state index is 13.7. The summed E-state index contributed by atoms with van der Waals surface area (Å²) in [6, 6.07) is -0.891. The van der Waals surface area contributed by atoms with E-state index in [1.165, 1.54) is 276 Å². The van der Waals surface area contributed by atoms with Gasteiger partial charge < -0.3 is 28.5 Å². The van der Waals surface area contributed by atoms with Gasteiger partial charge in [0.15, 0.2) is 0 Å². The van der Waals surface area contributed by atoms with Gasteiger partial charge >= 0.3 is 5.97 Å². The number of rotatable bonds is 73. The van der Waals surface area contributed by atoms with Gasteiger partial charge in [-0.25, -0.2) is 0 Å². The molecule has 0 heterocycles. The minimum Gasteiger partial charge on any atom is -0.756 e. The van der Waals surface area contributed by atoms with Crippen molar-refractivity contribution in [2.45, 2.75) is 399 Å². The van der Waals surface area contributed by atoms with Crippen molar-refractivity contribution in [3.63, 3.8) is 0 Å². The van der Waals surface area contributed by atoms with E-state index in [9.17, 15) is 19.0 Å². The lowest BCUT2D eigenvalue weighted by molar-refractivity contribution is -0.870. The number of nitrogens with zero attached hydrogens (tertiary/aromatic N) is 1. The summed E-state index contributed by atoms with van der Waals surface area (Å²) >= 11 is 0. The third-order valence-electron chi connectivity index (χ3n) is 17.9. The first-order valence-corrected chi connectivity index (χ1v) is 41.2. The van der Waals surface area contributed by atoms with Crippen molar-refractivity contribution in [3.8, 4) is 0 Å². The third-order valence-corrected chi connectivity index (χ3v) is 18.8. The average Bonchev–Trinajstić information content (AvgIpc) is 3.69. The van der Waals surface area contributed by atoms with Gasteiger partial charge in [0.25, 0.3) is 7.82 Å². The van der Waals surface area contributed by atoms with Crippen LogP contribution in [0.3, 0.4) is 0 Å². The topological polar surface area (TPSA) is 114 Å². The van der Waals surface area contributed by atoms with Gasteiger partial charge in [-0.1, -0.05) is 344 Å². The molecule has 0 aromatic rings. The fourth-order valence-electron chi connectivity index (χ4n) is 11.7. The van der Waals surface area contributed by atoms with Crippen LogP contribution in [0.4, 0.5) is 0 Å². The lowest BCUT2D eigenvalue weighted by Gasteiger charge is -2.30. The molecule has 9 nitrogen and oxygen atoms in total. The Morgan fingerprint density at radius 2 is 0.663 bits per heavy atom. The zero-order valence-corrected chi connectivity index (χ0v) is 62.7. The number of ether oxygens (including phenoxy) is 1. The summed E-state index contributed by atoms with van der Waals surface area (Å²) in [6.45, 7) is 6.85. The first-order chi connectivity index (χ1) is 44.9. The number of carbonyl (C=O) groups is 2. The van der Waals surface area contributed by atoms with E-state index < -0.39 is 20.0 Å². The second-order valence-corrected chi connectivity index (χ2v) is 29.6. The Morgan fingerprint density at radius 1 is 0.380 bits per heavy atom. The number of phosphoric acid groups is 1. The van der Waals surface area contributed by atoms with Crippen molar-refractivity contribution >= 4 is 19.7 Å². The van der Waals surface area contributed by atoms with E-state index in [0.29, 0.717) is 17.4 Å². The number of unbranched alkanes of at least 4 members (excludes halogenated alkanes) is 47. The van der Waals surface area contributed by atoms with Crippen molar-refractivity contribution in [1.29, 1.82) is 0 Å². The highest BCUT2D eigenvalue weighted by Crippen LogP contribution is 2.38. The Bertz CT molecular complexity index is 1800. The lowest BCUT2D eigenvalue weighted by Crippen LogP contribution is -2.47. The highest BCUT2D eigenvalue weighted by atomic mass is 31.2. The summed E-state index contributed by atoms with van der Waals surface area (Å²) in [5.41, 5.74) is 0. The molecule has 538 valence electrons. The van der Waals surface area contributed by atoms with Gasteiger partial charge in [0.2, 0.25) is 5.91 Å². The zero-order chi connectivity index (χ0) is 67.0. The molecular weight excluding hydrogens is 1160 g/mol. The largest absolute Gasteiger partial charge is 0.756 e. The predicted molar refractivity (Wildman–Crippen MR) is 399 cm³/mol. The first kappa shape index (κ1) is 89.5. The monoisotopic (exact) mass is 1310 g/mol. The summed E-state index contributed by atoms with van der Waals surface area (Å²) in [4.78, 5) is 40.3. The molecule has 0 spiro atoms. The Morgan fingerprint density at radius 3 is 1.01 bits per heavy atom. The van der Waals surface area contributed by atoms with Crippen LogP contribution in [0.2, 0.25) is 0 Å². The summed E-state index contributed by atoms with van der Waals surface area (Å²) < 4.78 is 30.6. The molecule has 0 aromatic heterocycles. The number of phosphoric ester groups is 1. The van der Waals surface area contributed by atoms with Gasteiger partial charge in [-0.2, -0.15) is 0 Å². The van der Waals surface area contributed by atoms with E-state index in [0.717, 1.165) is 77.0 Å². The molecule has 0 fully saturated rings. The lowest BCUT2D eigenvalue weighted by atomic mass is 10.0. The average molecular weight is 1310 g/mol. The number of nitrogens with one attached hydrogen (secondary N) is 1. The molecule has 0 aliphatic carbocycles. The standard InChI is InChI=1S/C82H153N2O7P/c1-7-10-13-16-19-22-25-28-30-32-34-36-38-40-42-44-46-48-50-52-54-56-59-62-65-68-71-74-81(85)83-79(78-90-92(87,88)89-77-76-84(4,5)6)80(73-70-67-64-61-58-27-24-21-18-15-12-9-3)91-82(86)75-72-69-66-63-60-57-55-53-51-49-47-45-43-41-39-37-35-33-31-29-26-23-20-17-14-11-8-2/h19-20,22-23,28-31,34,36,70,73,79-80H,7-18,21,24-27,32-33,35,37-69,71-72,74-78H2,1-6H3,(H-,83,85,87,88)/b22-19-,23-20-,30-28-,31-29-,36-34-,73-70+. The van der Waals surface area contributed by atoms with E-state index in [1.807, 2.05) is 33.3 Å². The van der Waals surface area contributed by atoms with Crippen molar-refractivity contribution < 1.29 is 37.3 Å². The second kappa shape index (κ2) is 71.2. The Hall–Kier alpha value is -2.55. The number of quaternary nitrogens is 1. The van der Waals surface area contributed by atoms with Crippen molar-refractivity contribution in [1.82, 2.24) is 5.32 Å². The highest BCUT2D eigenvalue weighted by molar-refractivity contribution is 7.45. The highest BCUT2D eigenvalue weighted by Gasteiger charge is 2.27. The zero-order valence-electron chi connectivity index (χ0n) is 61.8. The summed E-state index contributed by atoms with van der Waals surface area (Å²) in [6.07, 6.45) is 94.7. The quantitative estimate of drug-likeness (QED) is 0.0212. The predicted octanol–water partition coefficient (Wildman–Crippen LogP) is 25.2. The van der Waals surface area contributed by atoms with E-state index in [-0.39, 0.29) is 31.5 Å². The maximum absolute atomic E-state index is 13.7. The minimum absolute atomic E-state index is 0.0220. The second-order valence-electron chi connectivity index (χ2n) is 28.2. The van der Waals surface area contributed by atoms with Crippen LogP contribution < -0.4 is 10.2 Å². The molecule has 1 amide bonds. The van der Waals surface area contributed by atoms with E-state index in [2.05, 4.69) is 86.8 Å². The molecule has 92 heavy (non-hydrogen) atoms. The number of hydrogen-bond acceptors (Lipinski definition) is 7. The van der Waals surface area contributed by atoms with E-state index in [4.69, 9.17) is 13.8 Å². The van der Waals surface area contributed by atoms with Crippen LogP contribution in [0.25, 0.3) is 0 Å². The van der Waals surface area contributed by atoms with E-state index in [1.54, 1.807) is 0 Å². The molecule has 0 radical (unpaired) electrons. The fourth-order valence-corrected chi connectivity index (χ4v) is 12.5. The maximum Gasteiger partial charge on any atom is 0.306 e. The van der Waals surface area contributed by atoms with Gasteiger partial charge in [0.1, 0.15) is 19.3 Å². The van der Waals surface area contributed by atoms with Gasteiger partial charge in [-0.15, -0.1) is 0 Å².